The standard InChI is InChI=1S/C25H22FN3O7/c1-34-17-7-3-15(4-8-17)12-27-25(31)22-23(26)19(29(32)33)11-20-24(22)36-14-21(30)28(20)13-16-5-9-18(35-2)10-6-16/h3-11H,12-14H2,1-2H3,(H,27,31). The summed E-state index contributed by atoms with van der Waals surface area (Å²) in [5, 5.41) is 14.2. The van der Waals surface area contributed by atoms with Gasteiger partial charge in [0.05, 0.1) is 31.4 Å². The van der Waals surface area contributed by atoms with Gasteiger partial charge < -0.3 is 24.4 Å². The lowest BCUT2D eigenvalue weighted by atomic mass is 10.1. The number of hydrogen-bond donors (Lipinski definition) is 1. The Morgan fingerprint density at radius 1 is 1.08 bits per heavy atom. The molecule has 0 bridgehead atoms. The maximum absolute atomic E-state index is 15.2. The summed E-state index contributed by atoms with van der Waals surface area (Å²) in [6.45, 7) is -0.414. The third kappa shape index (κ3) is 4.90. The topological polar surface area (TPSA) is 120 Å². The van der Waals surface area contributed by atoms with Crippen LogP contribution in [0.4, 0.5) is 15.8 Å². The molecule has 0 saturated carbocycles. The first kappa shape index (κ1) is 24.5. The minimum Gasteiger partial charge on any atom is -0.497 e. The molecule has 1 aliphatic rings. The van der Waals surface area contributed by atoms with Crippen LogP contribution in [0.1, 0.15) is 21.5 Å². The molecule has 0 unspecified atom stereocenters. The molecule has 1 aliphatic heterocycles. The van der Waals surface area contributed by atoms with E-state index in [9.17, 15) is 19.7 Å². The molecule has 36 heavy (non-hydrogen) atoms. The average Bonchev–Trinajstić information content (AvgIpc) is 2.89. The van der Waals surface area contributed by atoms with E-state index < -0.39 is 40.4 Å². The zero-order valence-corrected chi connectivity index (χ0v) is 19.4. The second-order valence-electron chi connectivity index (χ2n) is 7.84. The van der Waals surface area contributed by atoms with E-state index in [1.807, 2.05) is 0 Å². The van der Waals surface area contributed by atoms with Crippen molar-refractivity contribution in [1.82, 2.24) is 5.32 Å². The van der Waals surface area contributed by atoms with E-state index in [2.05, 4.69) is 5.32 Å². The minimum atomic E-state index is -1.34. The lowest BCUT2D eigenvalue weighted by molar-refractivity contribution is -0.387. The SMILES string of the molecule is COc1ccc(CNC(=O)c2c(F)c([N+](=O)[O-])cc3c2OCC(=O)N3Cc2ccc(OC)cc2)cc1. The van der Waals surface area contributed by atoms with Gasteiger partial charge in [0.1, 0.15) is 17.1 Å². The molecule has 2 amide bonds. The van der Waals surface area contributed by atoms with Gasteiger partial charge in [0.25, 0.3) is 11.8 Å². The monoisotopic (exact) mass is 495 g/mol. The zero-order valence-electron chi connectivity index (χ0n) is 19.4. The number of carbonyl (C=O) groups excluding carboxylic acids is 2. The highest BCUT2D eigenvalue weighted by Crippen LogP contribution is 2.42. The Kier molecular flexibility index (Phi) is 7.00. The summed E-state index contributed by atoms with van der Waals surface area (Å²) in [6, 6.07) is 14.6. The molecule has 10 nitrogen and oxygen atoms in total. The number of nitro groups is 1. The van der Waals surface area contributed by atoms with Crippen LogP contribution in [-0.2, 0) is 17.9 Å². The largest absolute Gasteiger partial charge is 0.497 e. The maximum Gasteiger partial charge on any atom is 0.308 e. The van der Waals surface area contributed by atoms with Gasteiger partial charge >= 0.3 is 5.69 Å². The van der Waals surface area contributed by atoms with Crippen LogP contribution in [0.3, 0.4) is 0 Å². The van der Waals surface area contributed by atoms with Crippen LogP contribution < -0.4 is 24.4 Å². The Balaban J connectivity index is 1.69. The summed E-state index contributed by atoms with van der Waals surface area (Å²) < 4.78 is 30.9. The van der Waals surface area contributed by atoms with Gasteiger partial charge in [-0.15, -0.1) is 0 Å². The molecule has 0 aliphatic carbocycles. The number of nitro benzene ring substituents is 1. The first-order chi connectivity index (χ1) is 17.3. The summed E-state index contributed by atoms with van der Waals surface area (Å²) in [7, 11) is 3.04. The van der Waals surface area contributed by atoms with Gasteiger partial charge in [-0.25, -0.2) is 0 Å². The molecule has 1 N–H and O–H groups in total. The molecule has 3 aromatic rings. The van der Waals surface area contributed by atoms with E-state index in [0.717, 1.165) is 6.07 Å². The summed E-state index contributed by atoms with van der Waals surface area (Å²) >= 11 is 0. The van der Waals surface area contributed by atoms with Crippen molar-refractivity contribution in [2.24, 2.45) is 0 Å². The molecule has 0 spiro atoms. The average molecular weight is 495 g/mol. The van der Waals surface area contributed by atoms with Crippen LogP contribution >= 0.6 is 0 Å². The maximum atomic E-state index is 15.2. The molecule has 1 heterocycles. The molecule has 0 saturated heterocycles. The van der Waals surface area contributed by atoms with Crippen molar-refractivity contribution in [3.8, 4) is 17.2 Å². The number of rotatable bonds is 8. The van der Waals surface area contributed by atoms with E-state index >= 15 is 4.39 Å². The summed E-state index contributed by atoms with van der Waals surface area (Å²) in [5.41, 5.74) is -0.262. The normalized spacial score (nSPS) is 12.4. The predicted octanol–water partition coefficient (Wildman–Crippen LogP) is 3.61. The number of nitrogens with one attached hydrogen (secondary N) is 1. The first-order valence-electron chi connectivity index (χ1n) is 10.8. The molecular weight excluding hydrogens is 473 g/mol. The zero-order chi connectivity index (χ0) is 25.8. The van der Waals surface area contributed by atoms with Gasteiger partial charge in [0.15, 0.2) is 12.4 Å². The fourth-order valence-electron chi connectivity index (χ4n) is 3.74. The Labute approximate surface area is 205 Å². The van der Waals surface area contributed by atoms with Crippen LogP contribution in [0.5, 0.6) is 17.2 Å². The smallest absolute Gasteiger partial charge is 0.308 e. The fourth-order valence-corrected chi connectivity index (χ4v) is 3.74. The van der Waals surface area contributed by atoms with E-state index in [1.54, 1.807) is 48.5 Å². The van der Waals surface area contributed by atoms with Gasteiger partial charge in [-0.05, 0) is 35.4 Å². The number of hydrogen-bond acceptors (Lipinski definition) is 7. The quantitative estimate of drug-likeness (QED) is 0.374. The molecule has 186 valence electrons. The number of nitrogens with zero attached hydrogens (tertiary/aromatic N) is 2. The van der Waals surface area contributed by atoms with Gasteiger partial charge in [-0.2, -0.15) is 4.39 Å². The molecule has 0 atom stereocenters. The Morgan fingerprint density at radius 2 is 1.67 bits per heavy atom. The van der Waals surface area contributed by atoms with Gasteiger partial charge in [-0.1, -0.05) is 24.3 Å². The number of halogens is 1. The number of ether oxygens (including phenoxy) is 3. The summed E-state index contributed by atoms with van der Waals surface area (Å²) in [5.74, 6) is -1.76. The van der Waals surface area contributed by atoms with Crippen LogP contribution in [0, 0.1) is 15.9 Å². The lowest BCUT2D eigenvalue weighted by Gasteiger charge is -2.30. The van der Waals surface area contributed by atoms with Crippen molar-refractivity contribution in [1.29, 1.82) is 0 Å². The van der Waals surface area contributed by atoms with Gasteiger partial charge in [0.2, 0.25) is 5.82 Å². The van der Waals surface area contributed by atoms with E-state index in [1.165, 1.54) is 19.1 Å². The van der Waals surface area contributed by atoms with E-state index in [-0.39, 0.29) is 24.5 Å². The highest BCUT2D eigenvalue weighted by atomic mass is 19.1. The molecule has 0 fully saturated rings. The van der Waals surface area contributed by atoms with E-state index in [0.29, 0.717) is 22.6 Å². The molecule has 3 aromatic carbocycles. The number of amides is 2. The number of carbonyl (C=O) groups is 2. The molecule has 0 radical (unpaired) electrons. The number of fused-ring (bicyclic) bond motifs is 1. The van der Waals surface area contributed by atoms with Crippen LogP contribution in [0.2, 0.25) is 0 Å². The number of anilines is 1. The van der Waals surface area contributed by atoms with E-state index in [4.69, 9.17) is 14.2 Å². The number of methoxy groups -OCH3 is 2. The van der Waals surface area contributed by atoms with Crippen molar-refractivity contribution >= 4 is 23.2 Å². The Morgan fingerprint density at radius 3 is 2.22 bits per heavy atom. The van der Waals surface area contributed by atoms with Crippen molar-refractivity contribution in [3.63, 3.8) is 0 Å². The number of benzene rings is 3. The molecule has 0 aromatic heterocycles. The lowest BCUT2D eigenvalue weighted by Crippen LogP contribution is -2.39. The molecule has 4 rings (SSSR count). The third-order valence-corrected chi connectivity index (χ3v) is 5.64. The van der Waals surface area contributed by atoms with Crippen LogP contribution in [0.15, 0.2) is 54.6 Å². The molecular formula is C25H22FN3O7. The van der Waals surface area contributed by atoms with Gasteiger partial charge in [0, 0.05) is 12.6 Å². The van der Waals surface area contributed by atoms with Crippen molar-refractivity contribution in [2.75, 3.05) is 25.7 Å². The second kappa shape index (κ2) is 10.3. The van der Waals surface area contributed by atoms with Crippen molar-refractivity contribution in [2.45, 2.75) is 13.1 Å². The first-order valence-corrected chi connectivity index (χ1v) is 10.8. The summed E-state index contributed by atoms with van der Waals surface area (Å²) in [6.07, 6.45) is 0. The predicted molar refractivity (Wildman–Crippen MR) is 127 cm³/mol. The van der Waals surface area contributed by atoms with Crippen LogP contribution in [-0.4, -0.2) is 37.6 Å². The van der Waals surface area contributed by atoms with Crippen LogP contribution in [0.25, 0.3) is 0 Å². The summed E-state index contributed by atoms with van der Waals surface area (Å²) in [4.78, 5) is 37.6. The fraction of sp³-hybridized carbons (Fsp3) is 0.200. The van der Waals surface area contributed by atoms with Crippen molar-refractivity contribution in [3.05, 3.63) is 87.2 Å². The van der Waals surface area contributed by atoms with Gasteiger partial charge in [-0.3, -0.25) is 19.7 Å². The highest BCUT2D eigenvalue weighted by molar-refractivity contribution is 6.05. The Hall–Kier alpha value is -4.67. The third-order valence-electron chi connectivity index (χ3n) is 5.64. The Bertz CT molecular complexity index is 1310. The second-order valence-corrected chi connectivity index (χ2v) is 7.84. The van der Waals surface area contributed by atoms with Crippen molar-refractivity contribution < 1.29 is 33.1 Å². The highest BCUT2D eigenvalue weighted by Gasteiger charge is 2.36. The molecule has 11 heteroatoms. The minimum absolute atomic E-state index is 0.0220.